The highest BCUT2D eigenvalue weighted by Gasteiger charge is 2.38. The van der Waals surface area contributed by atoms with E-state index in [1.165, 1.54) is 0 Å². The minimum atomic E-state index is -0.704. The molecule has 0 spiro atoms. The van der Waals surface area contributed by atoms with Gasteiger partial charge in [0.2, 0.25) is 0 Å². The van der Waals surface area contributed by atoms with Gasteiger partial charge in [-0.05, 0) is 18.3 Å². The molecule has 3 heteroatoms. The highest BCUT2D eigenvalue weighted by atomic mass is 35.5. The van der Waals surface area contributed by atoms with Crippen molar-refractivity contribution in [2.24, 2.45) is 11.8 Å². The molecule has 0 amide bonds. The summed E-state index contributed by atoms with van der Waals surface area (Å²) < 4.78 is 5.24. The maximum atomic E-state index is 10.8. The van der Waals surface area contributed by atoms with Gasteiger partial charge in [0.05, 0.1) is 0 Å². The average molecular weight is 207 g/mol. The molecule has 0 rings (SSSR count). The molecule has 0 aromatic heterocycles. The van der Waals surface area contributed by atoms with Gasteiger partial charge in [-0.25, -0.2) is 4.79 Å². The van der Waals surface area contributed by atoms with Crippen LogP contribution in [0.15, 0.2) is 0 Å². The number of ether oxygens (including phenoxy) is 1. The van der Waals surface area contributed by atoms with Crippen LogP contribution >= 0.6 is 11.6 Å². The van der Waals surface area contributed by atoms with E-state index in [9.17, 15) is 4.79 Å². The highest BCUT2D eigenvalue weighted by molar-refractivity contribution is 6.61. The van der Waals surface area contributed by atoms with Gasteiger partial charge in [-0.2, -0.15) is 0 Å². The lowest BCUT2D eigenvalue weighted by molar-refractivity contribution is -0.0514. The predicted molar refractivity (Wildman–Crippen MR) is 55.0 cm³/mol. The largest absolute Gasteiger partial charge is 0.447 e. The first-order valence-corrected chi connectivity index (χ1v) is 5.13. The SMILES string of the molecule is CCC(OC(=O)Cl)(C(C)C)C(C)C. The second-order valence-corrected chi connectivity index (χ2v) is 4.27. The summed E-state index contributed by atoms with van der Waals surface area (Å²) in [6, 6.07) is 0. The lowest BCUT2D eigenvalue weighted by Gasteiger charge is -2.39. The molecule has 0 aliphatic rings. The van der Waals surface area contributed by atoms with Crippen molar-refractivity contribution in [1.29, 1.82) is 0 Å². The van der Waals surface area contributed by atoms with E-state index >= 15 is 0 Å². The normalized spacial score (nSPS) is 12.3. The van der Waals surface area contributed by atoms with Crippen molar-refractivity contribution in [2.75, 3.05) is 0 Å². The van der Waals surface area contributed by atoms with Crippen molar-refractivity contribution in [3.63, 3.8) is 0 Å². The Labute approximate surface area is 85.6 Å². The van der Waals surface area contributed by atoms with E-state index in [1.807, 2.05) is 34.6 Å². The minimum Gasteiger partial charge on any atom is -0.447 e. The highest BCUT2D eigenvalue weighted by Crippen LogP contribution is 2.34. The monoisotopic (exact) mass is 206 g/mol. The second kappa shape index (κ2) is 4.85. The summed E-state index contributed by atoms with van der Waals surface area (Å²) in [7, 11) is 0. The van der Waals surface area contributed by atoms with Gasteiger partial charge in [0.15, 0.2) is 0 Å². The summed E-state index contributed by atoms with van der Waals surface area (Å²) in [5.41, 5.74) is -1.12. The Morgan fingerprint density at radius 2 is 1.69 bits per heavy atom. The molecule has 0 unspecified atom stereocenters. The number of rotatable bonds is 4. The summed E-state index contributed by atoms with van der Waals surface area (Å²) in [6.07, 6.45) is 0.792. The molecular formula is C10H19ClO2. The van der Waals surface area contributed by atoms with E-state index in [1.54, 1.807) is 0 Å². The molecule has 13 heavy (non-hydrogen) atoms. The molecule has 78 valence electrons. The van der Waals surface area contributed by atoms with E-state index in [2.05, 4.69) is 0 Å². The van der Waals surface area contributed by atoms with E-state index < -0.39 is 11.0 Å². The summed E-state index contributed by atoms with van der Waals surface area (Å²) in [5, 5.41) is 0. The molecule has 0 bridgehead atoms. The number of carbonyl (C=O) groups excluding carboxylic acids is 1. The number of hydrogen-bond acceptors (Lipinski definition) is 2. The van der Waals surface area contributed by atoms with Gasteiger partial charge >= 0.3 is 5.43 Å². The van der Waals surface area contributed by atoms with Crippen LogP contribution in [0, 0.1) is 11.8 Å². The van der Waals surface area contributed by atoms with Crippen molar-refractivity contribution >= 4 is 17.0 Å². The van der Waals surface area contributed by atoms with Gasteiger partial charge in [-0.3, -0.25) is 0 Å². The second-order valence-electron chi connectivity index (χ2n) is 3.96. The fraction of sp³-hybridized carbons (Fsp3) is 0.900. The molecule has 0 aromatic carbocycles. The third-order valence-corrected chi connectivity index (χ3v) is 2.85. The van der Waals surface area contributed by atoms with Crippen LogP contribution in [0.2, 0.25) is 0 Å². The average Bonchev–Trinajstić information content (AvgIpc) is 1.98. The Morgan fingerprint density at radius 1 is 1.31 bits per heavy atom. The summed E-state index contributed by atoms with van der Waals surface area (Å²) in [4.78, 5) is 10.8. The quantitative estimate of drug-likeness (QED) is 0.654. The van der Waals surface area contributed by atoms with Crippen LogP contribution in [0.25, 0.3) is 0 Å². The van der Waals surface area contributed by atoms with E-state index in [4.69, 9.17) is 16.3 Å². The minimum absolute atomic E-state index is 0.278. The van der Waals surface area contributed by atoms with Gasteiger partial charge in [0, 0.05) is 11.6 Å². The smallest absolute Gasteiger partial charge is 0.404 e. The van der Waals surface area contributed by atoms with Crippen molar-refractivity contribution in [3.8, 4) is 0 Å². The topological polar surface area (TPSA) is 26.3 Å². The van der Waals surface area contributed by atoms with Crippen molar-refractivity contribution in [3.05, 3.63) is 0 Å². The Balaban J connectivity index is 4.75. The molecule has 0 fully saturated rings. The zero-order valence-corrected chi connectivity index (χ0v) is 9.81. The summed E-state index contributed by atoms with van der Waals surface area (Å²) in [6.45, 7) is 10.2. The van der Waals surface area contributed by atoms with Gasteiger partial charge in [-0.1, -0.05) is 34.6 Å². The van der Waals surface area contributed by atoms with Crippen molar-refractivity contribution in [2.45, 2.75) is 46.6 Å². The van der Waals surface area contributed by atoms with Crippen LogP contribution in [0.3, 0.4) is 0 Å². The first kappa shape index (κ1) is 12.8. The summed E-state index contributed by atoms with van der Waals surface area (Å²) in [5.74, 6) is 0.556. The third kappa shape index (κ3) is 2.87. The molecule has 0 aliphatic heterocycles. The molecule has 0 N–H and O–H groups in total. The third-order valence-electron chi connectivity index (χ3n) is 2.78. The van der Waals surface area contributed by atoms with E-state index in [-0.39, 0.29) is 11.8 Å². The molecule has 0 aromatic rings. The zero-order chi connectivity index (χ0) is 10.6. The Bertz CT molecular complexity index is 168. The number of carbonyl (C=O) groups is 1. The van der Waals surface area contributed by atoms with Crippen molar-refractivity contribution < 1.29 is 9.53 Å². The van der Waals surface area contributed by atoms with Crippen LogP contribution in [0.4, 0.5) is 4.79 Å². The Morgan fingerprint density at radius 3 is 1.77 bits per heavy atom. The van der Waals surface area contributed by atoms with Crippen LogP contribution in [0.1, 0.15) is 41.0 Å². The molecule has 0 atom stereocenters. The van der Waals surface area contributed by atoms with Gasteiger partial charge in [0.25, 0.3) is 0 Å². The first-order valence-electron chi connectivity index (χ1n) is 4.75. The van der Waals surface area contributed by atoms with Crippen molar-refractivity contribution in [1.82, 2.24) is 0 Å². The molecule has 0 saturated heterocycles. The standard InChI is InChI=1S/C10H19ClO2/c1-6-10(7(2)3,8(4)5)13-9(11)12/h7-8H,6H2,1-5H3. The van der Waals surface area contributed by atoms with Gasteiger partial charge in [-0.15, -0.1) is 0 Å². The number of hydrogen-bond donors (Lipinski definition) is 0. The lowest BCUT2D eigenvalue weighted by Crippen LogP contribution is -2.43. The zero-order valence-electron chi connectivity index (χ0n) is 9.06. The fourth-order valence-electron chi connectivity index (χ4n) is 1.94. The molecule has 0 heterocycles. The Hall–Kier alpha value is -0.240. The van der Waals surface area contributed by atoms with Gasteiger partial charge in [0.1, 0.15) is 5.60 Å². The molecular weight excluding hydrogens is 188 g/mol. The van der Waals surface area contributed by atoms with Crippen LogP contribution in [0.5, 0.6) is 0 Å². The molecule has 0 aliphatic carbocycles. The molecule has 2 nitrogen and oxygen atoms in total. The van der Waals surface area contributed by atoms with Crippen LogP contribution in [-0.4, -0.2) is 11.0 Å². The van der Waals surface area contributed by atoms with Gasteiger partial charge < -0.3 is 4.74 Å². The van der Waals surface area contributed by atoms with Crippen LogP contribution < -0.4 is 0 Å². The molecule has 0 radical (unpaired) electrons. The first-order chi connectivity index (χ1) is 5.86. The lowest BCUT2D eigenvalue weighted by atomic mass is 9.78. The predicted octanol–water partition coefficient (Wildman–Crippen LogP) is 3.82. The Kier molecular flexibility index (Phi) is 4.76. The molecule has 0 saturated carbocycles. The maximum absolute atomic E-state index is 10.8. The van der Waals surface area contributed by atoms with Crippen LogP contribution in [-0.2, 0) is 4.74 Å². The maximum Gasteiger partial charge on any atom is 0.404 e. The van der Waals surface area contributed by atoms with E-state index in [0.29, 0.717) is 0 Å². The number of halogens is 1. The fourth-order valence-corrected chi connectivity index (χ4v) is 2.08. The summed E-state index contributed by atoms with van der Waals surface area (Å²) >= 11 is 5.27. The van der Waals surface area contributed by atoms with E-state index in [0.717, 1.165) is 6.42 Å².